The van der Waals surface area contributed by atoms with Crippen molar-refractivity contribution in [3.05, 3.63) is 28.0 Å². The molecule has 1 aromatic heterocycles. The second-order valence-electron chi connectivity index (χ2n) is 9.28. The molecule has 1 aliphatic heterocycles. The normalized spacial score (nSPS) is 35.3. The molecule has 7 rings (SSSR count). The topological polar surface area (TPSA) is 106 Å². The van der Waals surface area contributed by atoms with E-state index in [0.717, 1.165) is 24.3 Å². The summed E-state index contributed by atoms with van der Waals surface area (Å²) in [6, 6.07) is 0. The summed E-state index contributed by atoms with van der Waals surface area (Å²) < 4.78 is 6.05. The smallest absolute Gasteiger partial charge is 0.248 e. The van der Waals surface area contributed by atoms with Gasteiger partial charge in [-0.25, -0.2) is 0 Å². The van der Waals surface area contributed by atoms with E-state index in [2.05, 4.69) is 5.32 Å². The Morgan fingerprint density at radius 3 is 2.89 bits per heavy atom. The van der Waals surface area contributed by atoms with Crippen LogP contribution in [0.2, 0.25) is 0 Å². The van der Waals surface area contributed by atoms with Crippen molar-refractivity contribution in [1.29, 1.82) is 0 Å². The van der Waals surface area contributed by atoms with Crippen molar-refractivity contribution in [3.8, 4) is 0 Å². The van der Waals surface area contributed by atoms with Gasteiger partial charge in [0.1, 0.15) is 11.0 Å². The third-order valence-corrected chi connectivity index (χ3v) is 7.96. The average molecular weight is 380 g/mol. The highest BCUT2D eigenvalue weighted by Crippen LogP contribution is 2.61. The second-order valence-corrected chi connectivity index (χ2v) is 9.28. The lowest BCUT2D eigenvalue weighted by atomic mass is 9.47. The Kier molecular flexibility index (Phi) is 3.19. The Morgan fingerprint density at radius 1 is 1.36 bits per heavy atom. The van der Waals surface area contributed by atoms with Gasteiger partial charge in [0.15, 0.2) is 11.2 Å². The highest BCUT2D eigenvalue weighted by atomic mass is 16.3. The second kappa shape index (κ2) is 5.38. The van der Waals surface area contributed by atoms with Crippen molar-refractivity contribution >= 4 is 29.0 Å². The number of hydrogen-bond acceptors (Lipinski definition) is 5. The Labute approximate surface area is 162 Å². The van der Waals surface area contributed by atoms with Crippen molar-refractivity contribution < 1.29 is 19.1 Å². The highest BCUT2D eigenvalue weighted by molar-refractivity contribution is 6.17. The Morgan fingerprint density at radius 2 is 2.18 bits per heavy atom. The molecule has 2 unspecified atom stereocenters. The number of nitrogens with two attached hydrogens (primary N) is 1. The summed E-state index contributed by atoms with van der Waals surface area (Å²) >= 11 is 0. The predicted octanol–water partition coefficient (Wildman–Crippen LogP) is 0.822. The number of primary amides is 1. The van der Waals surface area contributed by atoms with Gasteiger partial charge in [-0.3, -0.25) is 9.59 Å². The zero-order valence-corrected chi connectivity index (χ0v) is 15.7. The Bertz CT molecular complexity index is 1080. The van der Waals surface area contributed by atoms with Crippen LogP contribution in [0.4, 0.5) is 5.69 Å². The average Bonchev–Trinajstić information content (AvgIpc) is 2.98. The van der Waals surface area contributed by atoms with Gasteiger partial charge in [0.25, 0.3) is 0 Å². The number of allylic oxidation sites excluding steroid dienone is 1. The first-order valence-corrected chi connectivity index (χ1v) is 10.4. The predicted molar refractivity (Wildman–Crippen MR) is 103 cm³/mol. The Hall–Kier alpha value is -2.34. The molecule has 1 aromatic rings. The van der Waals surface area contributed by atoms with Gasteiger partial charge in [-0.05, 0) is 55.1 Å². The molecule has 0 spiro atoms. The lowest BCUT2D eigenvalue weighted by molar-refractivity contribution is -0.114. The number of anilines is 1. The van der Waals surface area contributed by atoms with E-state index in [1.165, 1.54) is 37.8 Å². The van der Waals surface area contributed by atoms with Gasteiger partial charge in [0, 0.05) is 17.7 Å². The van der Waals surface area contributed by atoms with Crippen molar-refractivity contribution in [3.63, 3.8) is 0 Å². The maximum atomic E-state index is 12.6. The van der Waals surface area contributed by atoms with Crippen LogP contribution < -0.4 is 21.9 Å². The van der Waals surface area contributed by atoms with Crippen molar-refractivity contribution in [2.45, 2.75) is 44.1 Å². The first kappa shape index (κ1) is 16.6. The molecule has 146 valence electrons. The third kappa shape index (κ3) is 2.01. The molecule has 2 bridgehead atoms. The molecule has 4 atom stereocenters. The first-order chi connectivity index (χ1) is 13.5. The molecule has 4 N–H and O–H groups in total. The van der Waals surface area contributed by atoms with E-state index < -0.39 is 11.5 Å². The maximum absolute atomic E-state index is 12.6. The number of ketones is 1. The van der Waals surface area contributed by atoms with Gasteiger partial charge in [-0.15, -0.1) is 0 Å². The molecule has 5 aliphatic carbocycles. The van der Waals surface area contributed by atoms with Crippen molar-refractivity contribution in [1.82, 2.24) is 0 Å². The van der Waals surface area contributed by atoms with E-state index >= 15 is 0 Å². The number of furan rings is 1. The molecule has 4 saturated carbocycles. The lowest BCUT2D eigenvalue weighted by Crippen LogP contribution is -2.63. The van der Waals surface area contributed by atoms with Crippen molar-refractivity contribution in [2.24, 2.45) is 29.4 Å². The van der Waals surface area contributed by atoms with E-state index in [1.54, 1.807) is 0 Å². The summed E-state index contributed by atoms with van der Waals surface area (Å²) in [5.41, 5.74) is 7.58. The van der Waals surface area contributed by atoms with Gasteiger partial charge in [-0.2, -0.15) is 0 Å². The van der Waals surface area contributed by atoms with E-state index in [9.17, 15) is 14.7 Å². The number of hydrogen-bond donors (Lipinski definition) is 3. The van der Waals surface area contributed by atoms with Crippen LogP contribution in [0.25, 0.3) is 11.6 Å². The van der Waals surface area contributed by atoms with E-state index in [1.807, 2.05) is 0 Å². The van der Waals surface area contributed by atoms with E-state index in [4.69, 9.17) is 10.2 Å². The number of carbonyl (C=O) groups excluding carboxylic acids is 2. The molecule has 6 nitrogen and oxygen atoms in total. The minimum atomic E-state index is -0.903. The maximum Gasteiger partial charge on any atom is 0.248 e. The molecule has 6 heteroatoms. The molecule has 0 radical (unpaired) electrons. The molecule has 0 aromatic carbocycles. The quantitative estimate of drug-likeness (QED) is 0.720. The molecule has 4 fully saturated rings. The van der Waals surface area contributed by atoms with Crippen LogP contribution in [0, 0.1) is 23.7 Å². The van der Waals surface area contributed by atoms with Crippen LogP contribution in [-0.4, -0.2) is 28.9 Å². The third-order valence-electron chi connectivity index (χ3n) is 7.96. The summed E-state index contributed by atoms with van der Waals surface area (Å²) in [6.45, 7) is 0.416. The number of carbonyl (C=O) groups is 2. The zero-order chi connectivity index (χ0) is 19.2. The van der Waals surface area contributed by atoms with Crippen LogP contribution in [0.5, 0.6) is 0 Å². The largest absolute Gasteiger partial charge is 0.454 e. The number of aliphatic hydroxyl groups is 1. The van der Waals surface area contributed by atoms with Crippen LogP contribution in [0.15, 0.2) is 16.1 Å². The Balaban J connectivity index is 1.45. The number of amides is 1. The zero-order valence-electron chi connectivity index (χ0n) is 15.7. The van der Waals surface area contributed by atoms with Gasteiger partial charge in [0.05, 0.1) is 11.3 Å². The molecule has 28 heavy (non-hydrogen) atoms. The minimum absolute atomic E-state index is 0.149. The number of nitrogens with one attached hydrogen (secondary N) is 1. The van der Waals surface area contributed by atoms with E-state index in [0.29, 0.717) is 40.5 Å². The molecule has 0 saturated heterocycles. The van der Waals surface area contributed by atoms with E-state index in [-0.39, 0.29) is 17.3 Å². The fraction of sp³-hybridized carbons (Fsp3) is 0.545. The molecule has 2 heterocycles. The van der Waals surface area contributed by atoms with Gasteiger partial charge in [0.2, 0.25) is 5.91 Å². The summed E-state index contributed by atoms with van der Waals surface area (Å²) in [4.78, 5) is 24.1. The number of β-amino-alcohol motifs (C(OH)–C–C–N with tert-alkyl or cyclic N) is 1. The SMILES string of the molecule is NC(=O)C1=CC(=O)c2c3c(oc2=C1)=C1CC2C[C@H](C2CC2CCC2)[C@@]1(O)CN3. The van der Waals surface area contributed by atoms with Gasteiger partial charge in [-0.1, -0.05) is 19.3 Å². The summed E-state index contributed by atoms with van der Waals surface area (Å²) in [5.74, 6) is 1.38. The highest BCUT2D eigenvalue weighted by Gasteiger charge is 2.60. The first-order valence-electron chi connectivity index (χ1n) is 10.4. The number of fused-ring (bicyclic) bond motifs is 3. The molecular formula is C22H24N2O4. The van der Waals surface area contributed by atoms with Crippen LogP contribution >= 0.6 is 0 Å². The van der Waals surface area contributed by atoms with Crippen LogP contribution in [0.1, 0.15) is 48.9 Å². The fourth-order valence-corrected chi connectivity index (χ4v) is 6.19. The van der Waals surface area contributed by atoms with Crippen LogP contribution in [0.3, 0.4) is 0 Å². The monoisotopic (exact) mass is 380 g/mol. The minimum Gasteiger partial charge on any atom is -0.454 e. The molecule has 1 amide bonds. The van der Waals surface area contributed by atoms with Crippen molar-refractivity contribution in [2.75, 3.05) is 11.9 Å². The summed E-state index contributed by atoms with van der Waals surface area (Å²) in [6.07, 6.45) is 9.97. The standard InChI is InChI=1S/C22H24N2O4/c23-21(26)12-7-16(25)18-17(8-12)28-20-15-6-11-5-14(13(11)4-10-2-1-3-10)22(15,27)9-24-19(18)20/h7-8,10-11,13-14,24,27H,1-6,9H2,(H2,23,26)/t11?,13?,14-,22+/m1/s1. The molecular weight excluding hydrogens is 356 g/mol. The van der Waals surface area contributed by atoms with Gasteiger partial charge < -0.3 is 20.6 Å². The number of rotatable bonds is 3. The molecule has 6 aliphatic rings. The lowest BCUT2D eigenvalue weighted by Gasteiger charge is -2.60. The summed E-state index contributed by atoms with van der Waals surface area (Å²) in [7, 11) is 0. The van der Waals surface area contributed by atoms with Gasteiger partial charge >= 0.3 is 0 Å². The summed E-state index contributed by atoms with van der Waals surface area (Å²) in [5, 5.41) is 14.9. The fourth-order valence-electron chi connectivity index (χ4n) is 6.19. The van der Waals surface area contributed by atoms with Crippen LogP contribution in [-0.2, 0) is 4.79 Å².